The minimum atomic E-state index is 0.639. The van der Waals surface area contributed by atoms with Gasteiger partial charge in [0.15, 0.2) is 0 Å². The lowest BCUT2D eigenvalue weighted by atomic mass is 9.91. The van der Waals surface area contributed by atoms with Gasteiger partial charge in [-0.2, -0.15) is 0 Å². The van der Waals surface area contributed by atoms with Crippen molar-refractivity contribution in [3.63, 3.8) is 0 Å². The van der Waals surface area contributed by atoms with Gasteiger partial charge in [0.1, 0.15) is 5.94 Å². The van der Waals surface area contributed by atoms with E-state index in [-0.39, 0.29) is 0 Å². The number of benzene rings is 3. The molecular weight excluding hydrogens is 396 g/mol. The van der Waals surface area contributed by atoms with Crippen LogP contribution in [0.3, 0.4) is 0 Å². The molecule has 4 aromatic rings. The molecule has 0 atom stereocenters. The van der Waals surface area contributed by atoms with Gasteiger partial charge in [-0.3, -0.25) is 4.90 Å². The van der Waals surface area contributed by atoms with Crippen LogP contribution in [0.25, 0.3) is 27.2 Å². The molecule has 1 saturated heterocycles. The van der Waals surface area contributed by atoms with Gasteiger partial charge in [0.2, 0.25) is 0 Å². The highest BCUT2D eigenvalue weighted by Crippen LogP contribution is 2.37. The van der Waals surface area contributed by atoms with Crippen molar-refractivity contribution in [1.29, 1.82) is 0 Å². The van der Waals surface area contributed by atoms with Crippen LogP contribution in [0.5, 0.6) is 0 Å². The second-order valence-electron chi connectivity index (χ2n) is 8.54. The van der Waals surface area contributed by atoms with Crippen LogP contribution in [0.4, 0.5) is 0 Å². The molecule has 3 aromatic carbocycles. The molecular formula is C28H28N2O2. The van der Waals surface area contributed by atoms with Crippen LogP contribution < -0.4 is 0 Å². The van der Waals surface area contributed by atoms with Crippen LogP contribution >= 0.6 is 0 Å². The van der Waals surface area contributed by atoms with Gasteiger partial charge in [0.25, 0.3) is 0 Å². The minimum absolute atomic E-state index is 0.639. The molecule has 0 amide bonds. The molecule has 0 radical (unpaired) electrons. The van der Waals surface area contributed by atoms with E-state index in [0.717, 1.165) is 72.5 Å². The van der Waals surface area contributed by atoms with E-state index in [4.69, 9.17) is 4.74 Å². The summed E-state index contributed by atoms with van der Waals surface area (Å²) in [5.74, 6) is 2.32. The van der Waals surface area contributed by atoms with E-state index in [9.17, 15) is 4.79 Å². The van der Waals surface area contributed by atoms with E-state index in [1.807, 2.05) is 18.2 Å². The Kier molecular flexibility index (Phi) is 5.67. The van der Waals surface area contributed by atoms with Crippen molar-refractivity contribution in [3.8, 4) is 0 Å². The highest BCUT2D eigenvalue weighted by Gasteiger charge is 2.21. The van der Waals surface area contributed by atoms with Gasteiger partial charge in [-0.25, -0.2) is 4.79 Å². The molecule has 4 nitrogen and oxygen atoms in total. The van der Waals surface area contributed by atoms with E-state index in [1.165, 1.54) is 10.9 Å². The van der Waals surface area contributed by atoms with E-state index >= 15 is 0 Å². The maximum Gasteiger partial charge on any atom is 0.133 e. The number of para-hydroxylation sites is 1. The molecule has 1 aromatic heterocycles. The summed E-state index contributed by atoms with van der Waals surface area (Å²) in [4.78, 5) is 14.9. The van der Waals surface area contributed by atoms with Crippen LogP contribution in [0, 0.1) is 13.8 Å². The molecule has 0 saturated carbocycles. The third kappa shape index (κ3) is 3.57. The van der Waals surface area contributed by atoms with Crippen molar-refractivity contribution in [2.24, 2.45) is 0 Å². The average molecular weight is 425 g/mol. The fraction of sp³-hybridized carbons (Fsp3) is 0.286. The monoisotopic (exact) mass is 424 g/mol. The summed E-state index contributed by atoms with van der Waals surface area (Å²) in [6, 6.07) is 20.9. The van der Waals surface area contributed by atoms with Crippen molar-refractivity contribution in [2.75, 3.05) is 32.8 Å². The van der Waals surface area contributed by atoms with Crippen molar-refractivity contribution >= 4 is 33.2 Å². The summed E-state index contributed by atoms with van der Waals surface area (Å²) < 4.78 is 7.85. The Morgan fingerprint density at radius 3 is 2.31 bits per heavy atom. The number of aryl methyl sites for hydroxylation is 1. The Morgan fingerprint density at radius 1 is 0.875 bits per heavy atom. The first-order valence-corrected chi connectivity index (χ1v) is 11.3. The molecule has 0 bridgehead atoms. The van der Waals surface area contributed by atoms with Crippen molar-refractivity contribution in [2.45, 2.75) is 20.4 Å². The Hall–Kier alpha value is -3.17. The molecule has 0 aliphatic carbocycles. The Balaban J connectivity index is 1.63. The molecule has 5 rings (SSSR count). The Morgan fingerprint density at radius 2 is 1.56 bits per heavy atom. The number of carbonyl (C=O) groups excluding carboxylic acids is 1. The first-order valence-electron chi connectivity index (χ1n) is 11.3. The molecule has 162 valence electrons. The fourth-order valence-corrected chi connectivity index (χ4v) is 5.01. The predicted molar refractivity (Wildman–Crippen MR) is 131 cm³/mol. The zero-order valence-electron chi connectivity index (χ0n) is 18.7. The van der Waals surface area contributed by atoms with Gasteiger partial charge in [-0.05, 0) is 36.2 Å². The third-order valence-electron chi connectivity index (χ3n) is 6.74. The van der Waals surface area contributed by atoms with Crippen LogP contribution in [-0.4, -0.2) is 48.3 Å². The number of fused-ring (bicyclic) bond motifs is 2. The second-order valence-corrected chi connectivity index (χ2v) is 8.54. The molecule has 2 heterocycles. The lowest BCUT2D eigenvalue weighted by Gasteiger charge is -2.27. The Bertz CT molecular complexity index is 1340. The summed E-state index contributed by atoms with van der Waals surface area (Å²) in [5, 5.41) is 3.37. The molecule has 1 aliphatic rings. The molecule has 0 N–H and O–H groups in total. The average Bonchev–Trinajstić information content (AvgIpc) is 3.12. The number of aromatic nitrogens is 1. The maximum absolute atomic E-state index is 12.5. The van der Waals surface area contributed by atoms with Crippen molar-refractivity contribution < 1.29 is 9.53 Å². The Labute approximate surface area is 188 Å². The third-order valence-corrected chi connectivity index (χ3v) is 6.74. The number of morpholine rings is 1. The summed E-state index contributed by atoms with van der Waals surface area (Å²) in [6.45, 7) is 9.63. The highest BCUT2D eigenvalue weighted by molar-refractivity contribution is 6.12. The minimum Gasteiger partial charge on any atom is -0.379 e. The first-order chi connectivity index (χ1) is 15.7. The van der Waals surface area contributed by atoms with E-state index in [1.54, 1.807) is 0 Å². The van der Waals surface area contributed by atoms with Gasteiger partial charge in [-0.1, -0.05) is 54.6 Å². The summed E-state index contributed by atoms with van der Waals surface area (Å²) >= 11 is 0. The number of hydrogen-bond acceptors (Lipinski definition) is 3. The zero-order chi connectivity index (χ0) is 22.1. The molecule has 0 spiro atoms. The quantitative estimate of drug-likeness (QED) is 0.423. The molecule has 1 aliphatic heterocycles. The largest absolute Gasteiger partial charge is 0.379 e. The molecule has 0 unspecified atom stereocenters. The molecule has 32 heavy (non-hydrogen) atoms. The molecule has 4 heteroatoms. The second kappa shape index (κ2) is 8.76. The van der Waals surface area contributed by atoms with Gasteiger partial charge in [0, 0.05) is 53.9 Å². The smallest absolute Gasteiger partial charge is 0.133 e. The van der Waals surface area contributed by atoms with E-state index in [2.05, 4.69) is 71.7 Å². The lowest BCUT2D eigenvalue weighted by molar-refractivity contribution is 0.0365. The standard InChI is InChI=1S/C28H28N2O2/c1-20-11-12-24(23-8-4-3-7-22(20)23)26(19-31)28-21(2)30(27-10-6-5-9-25(27)28)14-13-29-15-17-32-18-16-29/h3-12H,13-18H2,1-2H3. The number of ether oxygens (including phenoxy) is 1. The number of rotatable bonds is 5. The lowest BCUT2D eigenvalue weighted by Crippen LogP contribution is -2.38. The summed E-state index contributed by atoms with van der Waals surface area (Å²) in [7, 11) is 0. The maximum atomic E-state index is 12.5. The summed E-state index contributed by atoms with van der Waals surface area (Å²) in [6.07, 6.45) is 0. The fourth-order valence-electron chi connectivity index (χ4n) is 5.01. The van der Waals surface area contributed by atoms with E-state index < -0.39 is 0 Å². The SMILES string of the molecule is Cc1ccc(C(=C=O)c2c(C)n(CCN3CCOCC3)c3ccccc23)c2ccccc12. The van der Waals surface area contributed by atoms with Crippen LogP contribution in [0.2, 0.25) is 0 Å². The highest BCUT2D eigenvalue weighted by atomic mass is 16.5. The predicted octanol–water partition coefficient (Wildman–Crippen LogP) is 5.01. The van der Waals surface area contributed by atoms with Gasteiger partial charge < -0.3 is 9.30 Å². The number of hydrogen-bond donors (Lipinski definition) is 0. The van der Waals surface area contributed by atoms with Crippen molar-refractivity contribution in [1.82, 2.24) is 9.47 Å². The van der Waals surface area contributed by atoms with Gasteiger partial charge >= 0.3 is 0 Å². The van der Waals surface area contributed by atoms with Crippen LogP contribution in [-0.2, 0) is 16.1 Å². The molecule has 1 fully saturated rings. The summed E-state index contributed by atoms with van der Waals surface area (Å²) in [5.41, 5.74) is 6.06. The van der Waals surface area contributed by atoms with E-state index in [0.29, 0.717) is 5.57 Å². The van der Waals surface area contributed by atoms with Crippen LogP contribution in [0.1, 0.15) is 22.4 Å². The van der Waals surface area contributed by atoms with Gasteiger partial charge in [0.05, 0.1) is 18.8 Å². The zero-order valence-corrected chi connectivity index (χ0v) is 18.7. The van der Waals surface area contributed by atoms with Crippen LogP contribution in [0.15, 0.2) is 60.7 Å². The normalized spacial score (nSPS) is 14.7. The number of nitrogens with zero attached hydrogens (tertiary/aromatic N) is 2. The van der Waals surface area contributed by atoms with Gasteiger partial charge in [-0.15, -0.1) is 0 Å². The first kappa shape index (κ1) is 20.7. The van der Waals surface area contributed by atoms with Crippen molar-refractivity contribution in [3.05, 3.63) is 83.0 Å². The topological polar surface area (TPSA) is 34.5 Å².